The maximum Gasteiger partial charge on any atom is 0.573 e. The van der Waals surface area contributed by atoms with Gasteiger partial charge in [0.25, 0.3) is 10.0 Å². The van der Waals surface area contributed by atoms with Crippen LogP contribution in [0.3, 0.4) is 0 Å². The summed E-state index contributed by atoms with van der Waals surface area (Å²) >= 11 is 6.08. The van der Waals surface area contributed by atoms with E-state index in [0.717, 1.165) is 40.9 Å². The molecule has 0 aliphatic carbocycles. The van der Waals surface area contributed by atoms with Crippen molar-refractivity contribution in [2.45, 2.75) is 16.2 Å². The predicted molar refractivity (Wildman–Crippen MR) is 119 cm³/mol. The molecule has 0 spiro atoms. The second kappa shape index (κ2) is 8.88. The number of alkyl halides is 3. The molecular formula is C21H17ClF3NO5S2. The lowest BCUT2D eigenvalue weighted by Crippen LogP contribution is -2.26. The van der Waals surface area contributed by atoms with Crippen molar-refractivity contribution in [1.29, 1.82) is 0 Å². The number of ether oxygens (including phenoxy) is 1. The Balaban J connectivity index is 1.92. The third-order valence-electron chi connectivity index (χ3n) is 4.60. The quantitative estimate of drug-likeness (QED) is 0.451. The summed E-state index contributed by atoms with van der Waals surface area (Å²) in [6.45, 7) is 0. The van der Waals surface area contributed by atoms with Crippen LogP contribution in [0.15, 0.2) is 76.5 Å². The number of hydrogen-bond donors (Lipinski definition) is 0. The van der Waals surface area contributed by atoms with Crippen LogP contribution in [-0.4, -0.2) is 36.5 Å². The van der Waals surface area contributed by atoms with Gasteiger partial charge in [0.15, 0.2) is 9.84 Å². The fourth-order valence-corrected chi connectivity index (χ4v) is 5.35. The van der Waals surface area contributed by atoms with Crippen LogP contribution in [0.5, 0.6) is 5.75 Å². The van der Waals surface area contributed by atoms with E-state index in [2.05, 4.69) is 4.74 Å². The summed E-state index contributed by atoms with van der Waals surface area (Å²) in [6, 6.07) is 14.8. The summed E-state index contributed by atoms with van der Waals surface area (Å²) in [5.41, 5.74) is 1.34. The Morgan fingerprint density at radius 1 is 0.879 bits per heavy atom. The molecule has 0 heterocycles. The average molecular weight is 520 g/mol. The van der Waals surface area contributed by atoms with Crippen molar-refractivity contribution in [2.24, 2.45) is 0 Å². The predicted octanol–water partition coefficient (Wildman–Crippen LogP) is 5.13. The molecule has 3 aromatic rings. The number of nitrogens with zero attached hydrogens (tertiary/aromatic N) is 1. The standard InChI is InChI=1S/C21H17ClF3NO5S2/c1-26(33(29,30)20-11-10-18(13-19(20)22)32(2,27)28)16-5-3-4-15(12-16)14-6-8-17(9-7-14)31-21(23,24)25/h3-13H,1-2H3. The highest BCUT2D eigenvalue weighted by molar-refractivity contribution is 7.93. The lowest BCUT2D eigenvalue weighted by Gasteiger charge is -2.21. The van der Waals surface area contributed by atoms with Crippen LogP contribution < -0.4 is 9.04 Å². The zero-order valence-corrected chi connectivity index (χ0v) is 19.6. The Hall–Kier alpha value is -2.76. The van der Waals surface area contributed by atoms with Gasteiger partial charge < -0.3 is 4.74 Å². The molecule has 0 atom stereocenters. The summed E-state index contributed by atoms with van der Waals surface area (Å²) in [7, 11) is -6.42. The molecule has 0 N–H and O–H groups in total. The summed E-state index contributed by atoms with van der Waals surface area (Å²) in [4.78, 5) is -0.396. The summed E-state index contributed by atoms with van der Waals surface area (Å²) < 4.78 is 91.4. The van der Waals surface area contributed by atoms with Crippen LogP contribution in [-0.2, 0) is 19.9 Å². The van der Waals surface area contributed by atoms with Crippen molar-refractivity contribution in [3.63, 3.8) is 0 Å². The largest absolute Gasteiger partial charge is 0.573 e. The van der Waals surface area contributed by atoms with Gasteiger partial charge >= 0.3 is 6.36 Å². The molecule has 6 nitrogen and oxygen atoms in total. The minimum Gasteiger partial charge on any atom is -0.406 e. The molecule has 0 saturated carbocycles. The van der Waals surface area contributed by atoms with Crippen molar-refractivity contribution in [3.8, 4) is 16.9 Å². The lowest BCUT2D eigenvalue weighted by atomic mass is 10.1. The van der Waals surface area contributed by atoms with Crippen LogP contribution in [0.1, 0.15) is 0 Å². The zero-order chi connectivity index (χ0) is 24.6. The minimum atomic E-state index is -4.81. The fourth-order valence-electron chi connectivity index (χ4n) is 2.94. The van der Waals surface area contributed by atoms with Crippen LogP contribution in [0.4, 0.5) is 18.9 Å². The molecule has 33 heavy (non-hydrogen) atoms. The minimum absolute atomic E-state index is 0.117. The van der Waals surface area contributed by atoms with Crippen LogP contribution in [0.25, 0.3) is 11.1 Å². The van der Waals surface area contributed by atoms with Crippen LogP contribution >= 0.6 is 11.6 Å². The molecule has 3 aromatic carbocycles. The average Bonchev–Trinajstić information content (AvgIpc) is 2.71. The van der Waals surface area contributed by atoms with Gasteiger partial charge in [0.2, 0.25) is 0 Å². The van der Waals surface area contributed by atoms with E-state index in [4.69, 9.17) is 11.6 Å². The first-order chi connectivity index (χ1) is 15.2. The van der Waals surface area contributed by atoms with E-state index in [1.54, 1.807) is 12.1 Å². The second-order valence-corrected chi connectivity index (χ2v) is 11.3. The molecule has 0 aromatic heterocycles. The molecule has 176 valence electrons. The molecule has 0 aliphatic rings. The Kier molecular flexibility index (Phi) is 6.69. The fraction of sp³-hybridized carbons (Fsp3) is 0.143. The third-order valence-corrected chi connectivity index (χ3v) is 7.98. The molecular weight excluding hydrogens is 503 g/mol. The number of hydrogen-bond acceptors (Lipinski definition) is 5. The van der Waals surface area contributed by atoms with Crippen LogP contribution in [0, 0.1) is 0 Å². The lowest BCUT2D eigenvalue weighted by molar-refractivity contribution is -0.274. The Morgan fingerprint density at radius 2 is 1.52 bits per heavy atom. The van der Waals surface area contributed by atoms with Gasteiger partial charge in [-0.3, -0.25) is 4.31 Å². The van der Waals surface area contributed by atoms with E-state index in [9.17, 15) is 30.0 Å². The summed E-state index contributed by atoms with van der Waals surface area (Å²) in [5, 5.41) is -0.249. The van der Waals surface area contributed by atoms with Crippen LogP contribution in [0.2, 0.25) is 5.02 Å². The Morgan fingerprint density at radius 3 is 2.06 bits per heavy atom. The van der Waals surface area contributed by atoms with Gasteiger partial charge in [0.1, 0.15) is 10.6 Å². The molecule has 0 radical (unpaired) electrons. The van der Waals surface area contributed by atoms with E-state index in [-0.39, 0.29) is 26.3 Å². The topological polar surface area (TPSA) is 80.8 Å². The third kappa shape index (κ3) is 5.79. The highest BCUT2D eigenvalue weighted by atomic mass is 35.5. The van der Waals surface area contributed by atoms with E-state index in [1.807, 2.05) is 0 Å². The monoisotopic (exact) mass is 519 g/mol. The normalized spacial score (nSPS) is 12.4. The number of benzene rings is 3. The van der Waals surface area contributed by atoms with Gasteiger partial charge in [0.05, 0.1) is 15.6 Å². The first-order valence-corrected chi connectivity index (χ1v) is 12.8. The maximum absolute atomic E-state index is 13.1. The molecule has 0 aliphatic heterocycles. The number of rotatable bonds is 6. The molecule has 0 unspecified atom stereocenters. The number of anilines is 1. The van der Waals surface area contributed by atoms with Crippen molar-refractivity contribution in [3.05, 3.63) is 71.8 Å². The van der Waals surface area contributed by atoms with E-state index >= 15 is 0 Å². The zero-order valence-electron chi connectivity index (χ0n) is 17.2. The summed E-state index contributed by atoms with van der Waals surface area (Å²) in [6.07, 6.45) is -3.83. The smallest absolute Gasteiger partial charge is 0.406 e. The Bertz CT molecular complexity index is 1390. The first-order valence-electron chi connectivity index (χ1n) is 9.13. The maximum atomic E-state index is 13.1. The van der Waals surface area contributed by atoms with Crippen molar-refractivity contribution >= 4 is 37.1 Å². The number of sulfone groups is 1. The molecule has 12 heteroatoms. The number of sulfonamides is 1. The van der Waals surface area contributed by atoms with Gasteiger partial charge in [-0.2, -0.15) is 0 Å². The SMILES string of the molecule is CN(c1cccc(-c2ccc(OC(F)(F)F)cc2)c1)S(=O)(=O)c1ccc(S(C)(=O)=O)cc1Cl. The summed E-state index contributed by atoms with van der Waals surface area (Å²) in [5.74, 6) is -0.380. The van der Waals surface area contributed by atoms with E-state index in [1.165, 1.54) is 31.3 Å². The first kappa shape index (κ1) is 24.9. The number of halogens is 4. The van der Waals surface area contributed by atoms with Gasteiger partial charge in [-0.05, 0) is 53.6 Å². The van der Waals surface area contributed by atoms with E-state index < -0.39 is 26.2 Å². The van der Waals surface area contributed by atoms with Crippen molar-refractivity contribution in [1.82, 2.24) is 0 Å². The molecule has 0 saturated heterocycles. The van der Waals surface area contributed by atoms with Gasteiger partial charge in [0, 0.05) is 13.3 Å². The molecule has 0 amide bonds. The highest BCUT2D eigenvalue weighted by Gasteiger charge is 2.31. The van der Waals surface area contributed by atoms with Gasteiger partial charge in [-0.15, -0.1) is 13.2 Å². The molecule has 3 rings (SSSR count). The molecule has 0 bridgehead atoms. The Labute approximate surface area is 194 Å². The highest BCUT2D eigenvalue weighted by Crippen LogP contribution is 2.32. The van der Waals surface area contributed by atoms with Gasteiger partial charge in [-0.1, -0.05) is 35.9 Å². The van der Waals surface area contributed by atoms with Gasteiger partial charge in [-0.25, -0.2) is 16.8 Å². The van der Waals surface area contributed by atoms with E-state index in [0.29, 0.717) is 11.1 Å². The van der Waals surface area contributed by atoms with Crippen molar-refractivity contribution in [2.75, 3.05) is 17.6 Å². The molecule has 0 fully saturated rings. The second-order valence-electron chi connectivity index (χ2n) is 6.96. The van der Waals surface area contributed by atoms with Crippen molar-refractivity contribution < 1.29 is 34.7 Å².